The Labute approximate surface area is 178 Å². The molecule has 1 heterocycles. The van der Waals surface area contributed by atoms with Crippen molar-refractivity contribution in [1.82, 2.24) is 10.3 Å². The van der Waals surface area contributed by atoms with Crippen LogP contribution in [0.1, 0.15) is 40.5 Å². The summed E-state index contributed by atoms with van der Waals surface area (Å²) in [7, 11) is 0. The summed E-state index contributed by atoms with van der Waals surface area (Å²) in [4.78, 5) is 27.9. The smallest absolute Gasteiger partial charge is 0.293 e. The maximum Gasteiger partial charge on any atom is 0.293 e. The lowest BCUT2D eigenvalue weighted by atomic mass is 10.0. The summed E-state index contributed by atoms with van der Waals surface area (Å²) in [5.74, 6) is -0.303. The number of nitro benzene ring substituents is 1. The Morgan fingerprint density at radius 3 is 2.63 bits per heavy atom. The fourth-order valence-corrected chi connectivity index (χ4v) is 3.36. The number of benzene rings is 2. The zero-order chi connectivity index (χ0) is 21.1. The minimum atomic E-state index is -0.496. The van der Waals surface area contributed by atoms with Gasteiger partial charge in [-0.15, -0.1) is 0 Å². The molecule has 0 radical (unpaired) electrons. The van der Waals surface area contributed by atoms with E-state index in [9.17, 15) is 14.9 Å². The van der Waals surface area contributed by atoms with Gasteiger partial charge in [-0.25, -0.2) is 0 Å². The number of anilines is 1. The Hall–Kier alpha value is -3.45. The van der Waals surface area contributed by atoms with Gasteiger partial charge in [-0.3, -0.25) is 19.9 Å². The molecule has 1 aliphatic rings. The maximum absolute atomic E-state index is 12.3. The van der Waals surface area contributed by atoms with Gasteiger partial charge in [0.2, 0.25) is 0 Å². The van der Waals surface area contributed by atoms with Gasteiger partial charge in [0.1, 0.15) is 5.69 Å². The number of hydrogen-bond acceptors (Lipinski definition) is 5. The van der Waals surface area contributed by atoms with Crippen LogP contribution in [0.25, 0.3) is 0 Å². The molecule has 152 valence electrons. The molecule has 1 aromatic heterocycles. The SMILES string of the molecule is O=C(NC1CC1)c1ccc(NC(c2cccc(Cl)c2)c2ccccn2)c([N+](=O)[O-])c1. The van der Waals surface area contributed by atoms with Gasteiger partial charge in [-0.1, -0.05) is 29.8 Å². The highest BCUT2D eigenvalue weighted by Gasteiger charge is 2.26. The Morgan fingerprint density at radius 1 is 1.13 bits per heavy atom. The van der Waals surface area contributed by atoms with E-state index in [-0.39, 0.29) is 23.2 Å². The van der Waals surface area contributed by atoms with Gasteiger partial charge in [0.15, 0.2) is 0 Å². The van der Waals surface area contributed by atoms with Crippen LogP contribution in [0.4, 0.5) is 11.4 Å². The molecule has 0 aliphatic heterocycles. The average molecular weight is 423 g/mol. The third kappa shape index (κ3) is 4.58. The molecule has 7 nitrogen and oxygen atoms in total. The second kappa shape index (κ2) is 8.51. The molecule has 3 aromatic rings. The van der Waals surface area contributed by atoms with Crippen molar-refractivity contribution in [2.45, 2.75) is 24.9 Å². The molecule has 1 amide bonds. The number of pyridine rings is 1. The van der Waals surface area contributed by atoms with Crippen LogP contribution in [0.15, 0.2) is 66.9 Å². The number of halogens is 1. The minimum Gasteiger partial charge on any atom is -0.367 e. The van der Waals surface area contributed by atoms with Gasteiger partial charge >= 0.3 is 0 Å². The summed E-state index contributed by atoms with van der Waals surface area (Å²) in [6, 6.07) is 16.9. The number of nitrogens with zero attached hydrogens (tertiary/aromatic N) is 2. The first-order chi connectivity index (χ1) is 14.5. The Bertz CT molecular complexity index is 1090. The van der Waals surface area contributed by atoms with Crippen LogP contribution in [0.2, 0.25) is 5.02 Å². The quantitative estimate of drug-likeness (QED) is 0.423. The number of nitro groups is 1. The van der Waals surface area contributed by atoms with Crippen LogP contribution < -0.4 is 10.6 Å². The highest BCUT2D eigenvalue weighted by atomic mass is 35.5. The number of aromatic nitrogens is 1. The van der Waals surface area contributed by atoms with E-state index in [4.69, 9.17) is 11.6 Å². The number of carbonyl (C=O) groups excluding carboxylic acids is 1. The molecule has 2 aromatic carbocycles. The zero-order valence-corrected chi connectivity index (χ0v) is 16.7. The van der Waals surface area contributed by atoms with Crippen molar-refractivity contribution in [3.05, 3.63) is 98.8 Å². The highest BCUT2D eigenvalue weighted by molar-refractivity contribution is 6.30. The van der Waals surface area contributed by atoms with Crippen molar-refractivity contribution in [2.24, 2.45) is 0 Å². The predicted octanol–water partition coefficient (Wildman–Crippen LogP) is 4.74. The van der Waals surface area contributed by atoms with Crippen LogP contribution in [-0.2, 0) is 0 Å². The molecule has 2 N–H and O–H groups in total. The third-order valence-corrected chi connectivity index (χ3v) is 5.07. The molecule has 0 saturated heterocycles. The molecular formula is C22H19ClN4O3. The van der Waals surface area contributed by atoms with Gasteiger partial charge in [0.25, 0.3) is 11.6 Å². The molecule has 1 unspecified atom stereocenters. The van der Waals surface area contributed by atoms with E-state index in [2.05, 4.69) is 15.6 Å². The van der Waals surface area contributed by atoms with Gasteiger partial charge in [-0.05, 0) is 54.8 Å². The molecule has 1 fully saturated rings. The largest absolute Gasteiger partial charge is 0.367 e. The van der Waals surface area contributed by atoms with Gasteiger partial charge in [0.05, 0.1) is 16.7 Å². The fourth-order valence-electron chi connectivity index (χ4n) is 3.16. The molecule has 1 aliphatic carbocycles. The molecule has 0 bridgehead atoms. The zero-order valence-electron chi connectivity index (χ0n) is 15.9. The van der Waals surface area contributed by atoms with Crippen LogP contribution in [-0.4, -0.2) is 21.9 Å². The summed E-state index contributed by atoms with van der Waals surface area (Å²) in [5, 5.41) is 18.4. The number of hydrogen-bond donors (Lipinski definition) is 2. The van der Waals surface area contributed by atoms with Crippen LogP contribution in [0.5, 0.6) is 0 Å². The van der Waals surface area contributed by atoms with Crippen molar-refractivity contribution < 1.29 is 9.72 Å². The van der Waals surface area contributed by atoms with Crippen LogP contribution in [0, 0.1) is 10.1 Å². The van der Waals surface area contributed by atoms with Crippen LogP contribution >= 0.6 is 11.6 Å². The van der Waals surface area contributed by atoms with Crippen molar-refractivity contribution in [3.8, 4) is 0 Å². The number of nitrogens with one attached hydrogen (secondary N) is 2. The second-order valence-electron chi connectivity index (χ2n) is 7.12. The van der Waals surface area contributed by atoms with Crippen molar-refractivity contribution >= 4 is 28.9 Å². The lowest BCUT2D eigenvalue weighted by Crippen LogP contribution is -2.25. The molecule has 30 heavy (non-hydrogen) atoms. The van der Waals surface area contributed by atoms with E-state index >= 15 is 0 Å². The first-order valence-corrected chi connectivity index (χ1v) is 9.91. The van der Waals surface area contributed by atoms with Crippen molar-refractivity contribution in [1.29, 1.82) is 0 Å². The minimum absolute atomic E-state index is 0.172. The number of amides is 1. The molecular weight excluding hydrogens is 404 g/mol. The standard InChI is InChI=1S/C22H19ClN4O3/c23-16-5-3-4-14(12-16)21(19-6-1-2-11-24-19)26-18-10-7-15(13-20(18)27(29)30)22(28)25-17-8-9-17/h1-7,10-13,17,21,26H,8-9H2,(H,25,28). The summed E-state index contributed by atoms with van der Waals surface area (Å²) in [6.07, 6.45) is 3.55. The van der Waals surface area contributed by atoms with Crippen LogP contribution in [0.3, 0.4) is 0 Å². The summed E-state index contributed by atoms with van der Waals surface area (Å²) in [5.41, 5.74) is 1.87. The van der Waals surface area contributed by atoms with E-state index in [0.29, 0.717) is 16.4 Å². The summed E-state index contributed by atoms with van der Waals surface area (Å²) in [6.45, 7) is 0. The van der Waals surface area contributed by atoms with Gasteiger partial charge in [0, 0.05) is 28.9 Å². The summed E-state index contributed by atoms with van der Waals surface area (Å²) >= 11 is 6.16. The normalized spacial score (nSPS) is 14.0. The predicted molar refractivity (Wildman–Crippen MR) is 115 cm³/mol. The fraction of sp³-hybridized carbons (Fsp3) is 0.182. The Morgan fingerprint density at radius 2 is 1.97 bits per heavy atom. The first-order valence-electron chi connectivity index (χ1n) is 9.53. The van der Waals surface area contributed by atoms with Crippen molar-refractivity contribution in [3.63, 3.8) is 0 Å². The van der Waals surface area contributed by atoms with E-state index < -0.39 is 11.0 Å². The second-order valence-corrected chi connectivity index (χ2v) is 7.56. The lowest BCUT2D eigenvalue weighted by Gasteiger charge is -2.20. The van der Waals surface area contributed by atoms with Gasteiger partial charge in [-0.2, -0.15) is 0 Å². The monoisotopic (exact) mass is 422 g/mol. The Kier molecular flexibility index (Phi) is 5.63. The van der Waals surface area contributed by atoms with E-state index in [1.54, 1.807) is 36.5 Å². The van der Waals surface area contributed by atoms with Crippen molar-refractivity contribution in [2.75, 3.05) is 5.32 Å². The molecule has 4 rings (SSSR count). The third-order valence-electron chi connectivity index (χ3n) is 4.83. The molecule has 1 atom stereocenters. The molecule has 8 heteroatoms. The highest BCUT2D eigenvalue weighted by Crippen LogP contribution is 2.33. The van der Waals surface area contributed by atoms with Gasteiger partial charge < -0.3 is 10.6 Å². The maximum atomic E-state index is 12.3. The van der Waals surface area contributed by atoms with E-state index in [1.165, 1.54) is 6.07 Å². The topological polar surface area (TPSA) is 97.2 Å². The lowest BCUT2D eigenvalue weighted by molar-refractivity contribution is -0.384. The van der Waals surface area contributed by atoms with E-state index in [1.807, 2.05) is 24.3 Å². The number of rotatable bonds is 7. The molecule has 0 spiro atoms. The first kappa shape index (κ1) is 19.8. The molecule has 1 saturated carbocycles. The average Bonchev–Trinajstić information content (AvgIpc) is 3.56. The Balaban J connectivity index is 1.69. The number of carbonyl (C=O) groups is 1. The summed E-state index contributed by atoms with van der Waals surface area (Å²) < 4.78 is 0. The van der Waals surface area contributed by atoms with E-state index in [0.717, 1.165) is 18.4 Å².